The van der Waals surface area contributed by atoms with Gasteiger partial charge in [0.1, 0.15) is 5.82 Å². The first-order chi connectivity index (χ1) is 13.7. The van der Waals surface area contributed by atoms with Gasteiger partial charge in [0.2, 0.25) is 0 Å². The minimum absolute atomic E-state index is 0. The fourth-order valence-electron chi connectivity index (χ4n) is 3.78. The molecule has 0 saturated carbocycles. The van der Waals surface area contributed by atoms with E-state index in [1.165, 1.54) is 42.4 Å². The van der Waals surface area contributed by atoms with E-state index in [0.29, 0.717) is 0 Å². The summed E-state index contributed by atoms with van der Waals surface area (Å²) in [6.07, 6.45) is 7.11. The Labute approximate surface area is 192 Å². The van der Waals surface area contributed by atoms with Crippen LogP contribution in [0.3, 0.4) is 0 Å². The highest BCUT2D eigenvalue weighted by molar-refractivity contribution is 14.0. The second-order valence-electron chi connectivity index (χ2n) is 7.57. The second-order valence-corrected chi connectivity index (χ2v) is 7.57. The maximum Gasteiger partial charge on any atom is 0.191 e. The topological polar surface area (TPSA) is 52.6 Å². The van der Waals surface area contributed by atoms with Crippen LogP contribution in [0, 0.1) is 6.92 Å². The zero-order chi connectivity index (χ0) is 19.8. The Kier molecular flexibility index (Phi) is 9.70. The summed E-state index contributed by atoms with van der Waals surface area (Å²) in [7, 11) is 1.81. The number of benzene rings is 1. The third-order valence-corrected chi connectivity index (χ3v) is 5.43. The van der Waals surface area contributed by atoms with Gasteiger partial charge in [-0.25, -0.2) is 4.98 Å². The normalized spacial score (nSPS) is 15.8. The van der Waals surface area contributed by atoms with Crippen molar-refractivity contribution in [1.29, 1.82) is 0 Å². The lowest BCUT2D eigenvalue weighted by Crippen LogP contribution is -2.38. The first kappa shape index (κ1) is 23.4. The van der Waals surface area contributed by atoms with Gasteiger partial charge in [0, 0.05) is 32.9 Å². The number of hydrogen-bond donors (Lipinski definition) is 2. The van der Waals surface area contributed by atoms with E-state index in [4.69, 9.17) is 0 Å². The molecular weight excluding hydrogens is 473 g/mol. The number of rotatable bonds is 5. The lowest BCUT2D eigenvalue weighted by molar-refractivity contribution is 0.681. The van der Waals surface area contributed by atoms with Crippen molar-refractivity contribution < 1.29 is 0 Å². The summed E-state index contributed by atoms with van der Waals surface area (Å²) in [5, 5.41) is 6.93. The molecule has 0 aliphatic carbocycles. The van der Waals surface area contributed by atoms with Crippen LogP contribution in [0.25, 0.3) is 0 Å². The quantitative estimate of drug-likeness (QED) is 0.347. The molecule has 5 nitrogen and oxygen atoms in total. The van der Waals surface area contributed by atoms with Crippen LogP contribution in [0.15, 0.2) is 47.6 Å². The highest BCUT2D eigenvalue weighted by Crippen LogP contribution is 2.19. The van der Waals surface area contributed by atoms with Gasteiger partial charge in [-0.2, -0.15) is 0 Å². The van der Waals surface area contributed by atoms with E-state index in [1.54, 1.807) is 0 Å². The first-order valence-corrected chi connectivity index (χ1v) is 10.4. The zero-order valence-corrected chi connectivity index (χ0v) is 20.1. The van der Waals surface area contributed by atoms with Gasteiger partial charge in [-0.1, -0.05) is 37.1 Å². The van der Waals surface area contributed by atoms with Gasteiger partial charge >= 0.3 is 0 Å². The van der Waals surface area contributed by atoms with Gasteiger partial charge < -0.3 is 15.5 Å². The van der Waals surface area contributed by atoms with Gasteiger partial charge in [0.15, 0.2) is 5.96 Å². The van der Waals surface area contributed by atoms with Crippen molar-refractivity contribution in [3.05, 3.63) is 59.3 Å². The number of aromatic nitrogens is 1. The smallest absolute Gasteiger partial charge is 0.191 e. The molecule has 0 spiro atoms. The maximum absolute atomic E-state index is 4.60. The van der Waals surface area contributed by atoms with Crippen molar-refractivity contribution in [1.82, 2.24) is 15.6 Å². The monoisotopic (exact) mass is 507 g/mol. The average Bonchev–Trinajstić information content (AvgIpc) is 3.01. The van der Waals surface area contributed by atoms with E-state index in [9.17, 15) is 0 Å². The molecule has 158 valence electrons. The van der Waals surface area contributed by atoms with Crippen LogP contribution in [0.1, 0.15) is 55.3 Å². The van der Waals surface area contributed by atoms with Crippen LogP contribution in [-0.2, 0) is 6.54 Å². The minimum Gasteiger partial charge on any atom is -0.357 e. The van der Waals surface area contributed by atoms with Crippen LogP contribution in [-0.4, -0.2) is 31.1 Å². The molecule has 1 aromatic heterocycles. The molecule has 0 radical (unpaired) electrons. The second kappa shape index (κ2) is 12.0. The Morgan fingerprint density at radius 3 is 2.55 bits per heavy atom. The lowest BCUT2D eigenvalue weighted by atomic mass is 10.0. The van der Waals surface area contributed by atoms with Gasteiger partial charge in [-0.15, -0.1) is 24.0 Å². The lowest BCUT2D eigenvalue weighted by Gasteiger charge is -2.22. The van der Waals surface area contributed by atoms with Crippen LogP contribution in [0.4, 0.5) is 5.82 Å². The molecule has 1 unspecified atom stereocenters. The molecular formula is C23H34IN5. The third-order valence-electron chi connectivity index (χ3n) is 5.43. The van der Waals surface area contributed by atoms with Crippen molar-refractivity contribution in [2.24, 2.45) is 4.99 Å². The number of anilines is 1. The Balaban J connectivity index is 0.00000300. The van der Waals surface area contributed by atoms with Crippen LogP contribution < -0.4 is 15.5 Å². The van der Waals surface area contributed by atoms with Crippen LogP contribution in [0.5, 0.6) is 0 Å². The van der Waals surface area contributed by atoms with E-state index in [-0.39, 0.29) is 30.0 Å². The molecule has 1 fully saturated rings. The van der Waals surface area contributed by atoms with Gasteiger partial charge in [-0.05, 0) is 55.5 Å². The number of aliphatic imine (C=N–C) groups is 1. The highest BCUT2D eigenvalue weighted by atomic mass is 127. The standard InChI is InChI=1S/C23H33N5.HI/c1-18-10-6-7-11-21(18)19(2)27-23(24-3)26-17-20-12-13-25-22(16-20)28-14-8-4-5-9-15-28;/h6-7,10-13,16,19H,4-5,8-9,14-15,17H2,1-3H3,(H2,24,26,27);1H. The van der Waals surface area contributed by atoms with E-state index >= 15 is 0 Å². The molecule has 6 heteroatoms. The molecule has 2 aromatic rings. The zero-order valence-electron chi connectivity index (χ0n) is 17.8. The molecule has 0 bridgehead atoms. The summed E-state index contributed by atoms with van der Waals surface area (Å²) in [6.45, 7) is 7.26. The number of hydrogen-bond acceptors (Lipinski definition) is 3. The van der Waals surface area contributed by atoms with Crippen molar-refractivity contribution in [2.75, 3.05) is 25.0 Å². The van der Waals surface area contributed by atoms with E-state index in [1.807, 2.05) is 13.2 Å². The number of nitrogens with zero attached hydrogens (tertiary/aromatic N) is 3. The summed E-state index contributed by atoms with van der Waals surface area (Å²) < 4.78 is 0. The van der Waals surface area contributed by atoms with Crippen molar-refractivity contribution in [2.45, 2.75) is 52.1 Å². The average molecular weight is 507 g/mol. The molecule has 1 atom stereocenters. The van der Waals surface area contributed by atoms with Gasteiger partial charge in [0.25, 0.3) is 0 Å². The molecule has 1 aromatic carbocycles. The number of guanidine groups is 1. The van der Waals surface area contributed by atoms with E-state index in [0.717, 1.165) is 31.4 Å². The fourth-order valence-corrected chi connectivity index (χ4v) is 3.78. The maximum atomic E-state index is 4.60. The molecule has 3 rings (SSSR count). The van der Waals surface area contributed by atoms with Crippen molar-refractivity contribution >= 4 is 35.8 Å². The van der Waals surface area contributed by atoms with E-state index < -0.39 is 0 Å². The molecule has 2 heterocycles. The molecule has 1 saturated heterocycles. The highest BCUT2D eigenvalue weighted by Gasteiger charge is 2.12. The summed E-state index contributed by atoms with van der Waals surface area (Å²) in [6, 6.07) is 12.9. The first-order valence-electron chi connectivity index (χ1n) is 10.4. The molecule has 1 aliphatic heterocycles. The summed E-state index contributed by atoms with van der Waals surface area (Å²) in [5.41, 5.74) is 3.80. The van der Waals surface area contributed by atoms with Crippen molar-refractivity contribution in [3.63, 3.8) is 0 Å². The fraction of sp³-hybridized carbons (Fsp3) is 0.478. The minimum atomic E-state index is 0. The SMILES string of the molecule is CN=C(NCc1ccnc(N2CCCCCC2)c1)NC(C)c1ccccc1C.I. The predicted molar refractivity (Wildman–Crippen MR) is 133 cm³/mol. The van der Waals surface area contributed by atoms with Crippen LogP contribution >= 0.6 is 24.0 Å². The predicted octanol–water partition coefficient (Wildman–Crippen LogP) is 4.81. The molecule has 29 heavy (non-hydrogen) atoms. The Morgan fingerprint density at radius 2 is 1.86 bits per heavy atom. The number of aryl methyl sites for hydroxylation is 1. The summed E-state index contributed by atoms with van der Waals surface area (Å²) in [5.74, 6) is 1.90. The summed E-state index contributed by atoms with van der Waals surface area (Å²) >= 11 is 0. The number of pyridine rings is 1. The number of nitrogens with one attached hydrogen (secondary N) is 2. The number of halogens is 1. The Morgan fingerprint density at radius 1 is 1.14 bits per heavy atom. The Bertz CT molecular complexity index is 784. The summed E-state index contributed by atoms with van der Waals surface area (Å²) in [4.78, 5) is 11.4. The third kappa shape index (κ3) is 6.87. The van der Waals surface area contributed by atoms with Crippen LogP contribution in [0.2, 0.25) is 0 Å². The molecule has 0 amide bonds. The van der Waals surface area contributed by atoms with Crippen molar-refractivity contribution in [3.8, 4) is 0 Å². The van der Waals surface area contributed by atoms with E-state index in [2.05, 4.69) is 75.8 Å². The van der Waals surface area contributed by atoms with Gasteiger partial charge in [0.05, 0.1) is 6.04 Å². The molecule has 2 N–H and O–H groups in total. The molecule has 1 aliphatic rings. The van der Waals surface area contributed by atoms with Gasteiger partial charge in [-0.3, -0.25) is 4.99 Å². The Hall–Kier alpha value is -1.83. The largest absolute Gasteiger partial charge is 0.357 e.